The fourth-order valence-electron chi connectivity index (χ4n) is 9.41. The molecule has 1 aliphatic heterocycles. The number of hydrogen-bond acceptors (Lipinski definition) is 3. The Morgan fingerprint density at radius 1 is 0.473 bits per heavy atom. The Labute approximate surface area is 322 Å². The highest BCUT2D eigenvalue weighted by Gasteiger charge is 2.54. The lowest BCUT2D eigenvalue weighted by molar-refractivity contribution is 0.00578. The van der Waals surface area contributed by atoms with E-state index in [2.05, 4.69) is 196 Å². The van der Waals surface area contributed by atoms with E-state index in [0.717, 1.165) is 44.7 Å². The Morgan fingerprint density at radius 3 is 1.73 bits per heavy atom. The Balaban J connectivity index is 1.16. The van der Waals surface area contributed by atoms with Gasteiger partial charge in [-0.25, -0.2) is 4.98 Å². The Kier molecular flexibility index (Phi) is 6.78. The van der Waals surface area contributed by atoms with Crippen molar-refractivity contribution < 1.29 is 9.31 Å². The van der Waals surface area contributed by atoms with Crippen LogP contribution in [-0.2, 0) is 14.7 Å². The number of rotatable bonds is 4. The van der Waals surface area contributed by atoms with Gasteiger partial charge in [0.15, 0.2) is 0 Å². The molecule has 7 aromatic carbocycles. The van der Waals surface area contributed by atoms with Crippen molar-refractivity contribution in [3.05, 3.63) is 186 Å². The molecule has 0 radical (unpaired) electrons. The lowest BCUT2D eigenvalue weighted by Gasteiger charge is -2.32. The molecular formula is C50H39BN2O2. The van der Waals surface area contributed by atoms with E-state index in [-0.39, 0.29) is 0 Å². The van der Waals surface area contributed by atoms with Crippen molar-refractivity contribution in [2.24, 2.45) is 0 Å². The van der Waals surface area contributed by atoms with Gasteiger partial charge in [-0.15, -0.1) is 0 Å². The number of fused-ring (bicyclic) bond motifs is 11. The smallest absolute Gasteiger partial charge is 0.399 e. The largest absolute Gasteiger partial charge is 0.494 e. The van der Waals surface area contributed by atoms with Crippen molar-refractivity contribution in [1.82, 2.24) is 9.55 Å². The van der Waals surface area contributed by atoms with Crippen molar-refractivity contribution in [3.63, 3.8) is 0 Å². The number of benzene rings is 7. The van der Waals surface area contributed by atoms with Gasteiger partial charge in [-0.3, -0.25) is 4.57 Å². The molecule has 2 heterocycles. The average Bonchev–Trinajstić information content (AvgIpc) is 3.90. The highest BCUT2D eigenvalue weighted by molar-refractivity contribution is 6.62. The van der Waals surface area contributed by atoms with Crippen LogP contribution in [0.4, 0.5) is 0 Å². The molecular weight excluding hydrogens is 671 g/mol. The number of hydrogen-bond donors (Lipinski definition) is 0. The first-order chi connectivity index (χ1) is 26.8. The van der Waals surface area contributed by atoms with E-state index in [4.69, 9.17) is 14.3 Å². The van der Waals surface area contributed by atoms with Crippen LogP contribution in [0.25, 0.3) is 61.5 Å². The van der Waals surface area contributed by atoms with Gasteiger partial charge in [0.25, 0.3) is 0 Å². The zero-order valence-corrected chi connectivity index (χ0v) is 31.4. The Bertz CT molecular complexity index is 2790. The highest BCUT2D eigenvalue weighted by atomic mass is 16.7. The minimum Gasteiger partial charge on any atom is -0.399 e. The van der Waals surface area contributed by atoms with Gasteiger partial charge >= 0.3 is 7.12 Å². The van der Waals surface area contributed by atoms with Crippen LogP contribution in [0.2, 0.25) is 0 Å². The van der Waals surface area contributed by atoms with E-state index < -0.39 is 23.7 Å². The van der Waals surface area contributed by atoms with Crippen LogP contribution < -0.4 is 5.46 Å². The van der Waals surface area contributed by atoms with Crippen molar-refractivity contribution in [2.75, 3.05) is 0 Å². The Morgan fingerprint density at radius 2 is 1.02 bits per heavy atom. The van der Waals surface area contributed by atoms with Crippen molar-refractivity contribution >= 4 is 23.6 Å². The van der Waals surface area contributed by atoms with Crippen LogP contribution in [0.15, 0.2) is 164 Å². The normalized spacial score (nSPS) is 16.6. The van der Waals surface area contributed by atoms with Crippen LogP contribution in [0.3, 0.4) is 0 Å². The third-order valence-electron chi connectivity index (χ3n) is 12.7. The molecule has 1 fully saturated rings. The summed E-state index contributed by atoms with van der Waals surface area (Å²) in [6, 6.07) is 59.6. The van der Waals surface area contributed by atoms with E-state index >= 15 is 0 Å². The SMILES string of the molecule is CC1(C)OB(c2ccc3c(c2)C2(c4ccccc4-c4ccccc42)c2cc(-c4ccccc4-n4c(-c5ccccc5)nc5ccccc54)ccc2-3)OC1(C)C. The molecule has 1 spiro atoms. The molecule has 0 amide bonds. The molecule has 0 saturated carbocycles. The van der Waals surface area contributed by atoms with Crippen LogP contribution >= 0.6 is 0 Å². The van der Waals surface area contributed by atoms with Gasteiger partial charge in [0, 0.05) is 11.1 Å². The van der Waals surface area contributed by atoms with E-state index in [1.165, 1.54) is 44.5 Å². The first kappa shape index (κ1) is 32.4. The molecule has 55 heavy (non-hydrogen) atoms. The summed E-state index contributed by atoms with van der Waals surface area (Å²) in [5.74, 6) is 0.924. The summed E-state index contributed by atoms with van der Waals surface area (Å²) in [5, 5.41) is 0. The molecule has 3 aliphatic rings. The van der Waals surface area contributed by atoms with Crippen molar-refractivity contribution in [3.8, 4) is 50.5 Å². The fraction of sp³-hybridized carbons (Fsp3) is 0.140. The van der Waals surface area contributed by atoms with Gasteiger partial charge in [-0.05, 0) is 107 Å². The zero-order valence-electron chi connectivity index (χ0n) is 31.4. The van der Waals surface area contributed by atoms with Gasteiger partial charge in [0.2, 0.25) is 0 Å². The summed E-state index contributed by atoms with van der Waals surface area (Å²) in [7, 11) is -0.464. The molecule has 1 saturated heterocycles. The van der Waals surface area contributed by atoms with Crippen molar-refractivity contribution in [2.45, 2.75) is 44.3 Å². The summed E-state index contributed by atoms with van der Waals surface area (Å²) >= 11 is 0. The van der Waals surface area contributed by atoms with Crippen molar-refractivity contribution in [1.29, 1.82) is 0 Å². The quantitative estimate of drug-likeness (QED) is 0.171. The van der Waals surface area contributed by atoms with E-state index in [0.29, 0.717) is 0 Å². The number of imidazole rings is 1. The topological polar surface area (TPSA) is 36.3 Å². The van der Waals surface area contributed by atoms with Crippen LogP contribution in [-0.4, -0.2) is 27.9 Å². The van der Waals surface area contributed by atoms with Crippen LogP contribution in [0.1, 0.15) is 49.9 Å². The predicted molar refractivity (Wildman–Crippen MR) is 224 cm³/mol. The molecule has 0 N–H and O–H groups in total. The molecule has 0 atom stereocenters. The summed E-state index contributed by atoms with van der Waals surface area (Å²) in [6.07, 6.45) is 0. The molecule has 1 aromatic heterocycles. The maximum absolute atomic E-state index is 6.64. The average molecular weight is 711 g/mol. The maximum atomic E-state index is 6.64. The zero-order chi connectivity index (χ0) is 37.1. The van der Waals surface area contributed by atoms with Gasteiger partial charge in [-0.2, -0.15) is 0 Å². The highest BCUT2D eigenvalue weighted by Crippen LogP contribution is 2.63. The summed E-state index contributed by atoms with van der Waals surface area (Å²) < 4.78 is 15.6. The van der Waals surface area contributed by atoms with Gasteiger partial charge in [0.05, 0.1) is 33.3 Å². The maximum Gasteiger partial charge on any atom is 0.494 e. The van der Waals surface area contributed by atoms with E-state index in [1.807, 2.05) is 0 Å². The minimum absolute atomic E-state index is 0.437. The monoisotopic (exact) mass is 710 g/mol. The van der Waals surface area contributed by atoms with Gasteiger partial charge in [-0.1, -0.05) is 140 Å². The first-order valence-corrected chi connectivity index (χ1v) is 19.2. The van der Waals surface area contributed by atoms with E-state index in [1.54, 1.807) is 0 Å². The second kappa shape index (κ2) is 11.5. The first-order valence-electron chi connectivity index (χ1n) is 19.2. The minimum atomic E-state index is -0.528. The number of para-hydroxylation sites is 3. The molecule has 4 nitrogen and oxygen atoms in total. The number of aromatic nitrogens is 2. The van der Waals surface area contributed by atoms with Crippen LogP contribution in [0, 0.1) is 0 Å². The third-order valence-corrected chi connectivity index (χ3v) is 12.7. The second-order valence-corrected chi connectivity index (χ2v) is 16.1. The third kappa shape index (κ3) is 4.45. The summed E-state index contributed by atoms with van der Waals surface area (Å²) in [6.45, 7) is 8.48. The molecule has 11 rings (SSSR count). The molecule has 8 aromatic rings. The molecule has 0 unspecified atom stereocenters. The second-order valence-electron chi connectivity index (χ2n) is 16.1. The predicted octanol–water partition coefficient (Wildman–Crippen LogP) is 11.0. The van der Waals surface area contributed by atoms with E-state index in [9.17, 15) is 0 Å². The number of nitrogens with zero attached hydrogens (tertiary/aromatic N) is 2. The van der Waals surface area contributed by atoms with Crippen LogP contribution in [0.5, 0.6) is 0 Å². The molecule has 264 valence electrons. The molecule has 2 aliphatic carbocycles. The lowest BCUT2D eigenvalue weighted by atomic mass is 9.68. The van der Waals surface area contributed by atoms with Gasteiger partial charge in [0.1, 0.15) is 5.82 Å². The Hall–Kier alpha value is -6.01. The molecule has 0 bridgehead atoms. The summed E-state index contributed by atoms with van der Waals surface area (Å²) in [4.78, 5) is 5.19. The molecule has 5 heteroatoms. The van der Waals surface area contributed by atoms with Gasteiger partial charge < -0.3 is 9.31 Å². The lowest BCUT2D eigenvalue weighted by Crippen LogP contribution is -2.41. The summed E-state index contributed by atoms with van der Waals surface area (Å²) in [5.41, 5.74) is 16.4. The standard InChI is InChI=1S/C50H39BN2O2/c1-48(2)49(3,4)55-51(54-48)34-27-29-39-38-28-26-33(30-42(38)50(43(39)31-34)40-21-11-8-19-36(40)37-20-9-12-22-41(37)50)35-18-10-14-24-45(35)53-46-25-15-13-23-44(46)52-47(53)32-16-6-5-7-17-32/h5-31H,1-4H3. The fourth-order valence-corrected chi connectivity index (χ4v) is 9.41.